The molecule has 3 rings (SSSR count). The molecule has 2 fully saturated rings. The molecule has 1 N–H and O–H groups in total. The lowest BCUT2D eigenvalue weighted by Crippen LogP contribution is -2.48. The van der Waals surface area contributed by atoms with Gasteiger partial charge in [-0.2, -0.15) is 0 Å². The first-order valence-electron chi connectivity index (χ1n) is 7.75. The van der Waals surface area contributed by atoms with Crippen LogP contribution in [0.3, 0.4) is 0 Å². The van der Waals surface area contributed by atoms with Crippen LogP contribution >= 0.6 is 0 Å². The summed E-state index contributed by atoms with van der Waals surface area (Å²) in [5.41, 5.74) is 4.10. The average molecular weight is 274 g/mol. The Hall–Kier alpha value is -1.06. The molecule has 20 heavy (non-hydrogen) atoms. The van der Waals surface area contributed by atoms with E-state index in [2.05, 4.69) is 49.2 Å². The van der Waals surface area contributed by atoms with Crippen molar-refractivity contribution in [2.24, 2.45) is 0 Å². The molecule has 1 heterocycles. The average Bonchev–Trinajstić information content (AvgIpc) is 3.20. The summed E-state index contributed by atoms with van der Waals surface area (Å²) in [5, 5.41) is 3.59. The van der Waals surface area contributed by atoms with Gasteiger partial charge in [-0.25, -0.2) is 0 Å². The lowest BCUT2D eigenvalue weighted by atomic mass is 10.0. The Morgan fingerprint density at radius 1 is 1.35 bits per heavy atom. The molecule has 3 heteroatoms. The van der Waals surface area contributed by atoms with E-state index in [1.807, 2.05) is 0 Å². The molecule has 1 saturated carbocycles. The third kappa shape index (κ3) is 3.33. The van der Waals surface area contributed by atoms with Crippen LogP contribution in [-0.2, 0) is 11.3 Å². The maximum atomic E-state index is 5.79. The highest BCUT2D eigenvalue weighted by molar-refractivity contribution is 5.51. The first-order valence-corrected chi connectivity index (χ1v) is 7.75. The SMILES string of the molecule is Cc1cc(N2CCOC(C)(C)C2)ccc1CNC1CC1. The number of nitrogens with one attached hydrogen (secondary N) is 1. The third-order valence-electron chi connectivity index (χ3n) is 4.28. The molecule has 1 aliphatic carbocycles. The van der Waals surface area contributed by atoms with Crippen molar-refractivity contribution in [3.8, 4) is 0 Å². The van der Waals surface area contributed by atoms with Crippen LogP contribution in [0.25, 0.3) is 0 Å². The van der Waals surface area contributed by atoms with Gasteiger partial charge in [0.05, 0.1) is 12.2 Å². The van der Waals surface area contributed by atoms with E-state index in [4.69, 9.17) is 4.74 Å². The molecule has 0 spiro atoms. The topological polar surface area (TPSA) is 24.5 Å². The van der Waals surface area contributed by atoms with Gasteiger partial charge >= 0.3 is 0 Å². The molecule has 1 saturated heterocycles. The fourth-order valence-electron chi connectivity index (χ4n) is 2.85. The Balaban J connectivity index is 1.68. The number of rotatable bonds is 4. The van der Waals surface area contributed by atoms with E-state index in [0.717, 1.165) is 32.3 Å². The van der Waals surface area contributed by atoms with Gasteiger partial charge in [-0.15, -0.1) is 0 Å². The molecule has 110 valence electrons. The zero-order valence-corrected chi connectivity index (χ0v) is 12.9. The lowest BCUT2D eigenvalue weighted by molar-refractivity contribution is -0.0276. The minimum absolute atomic E-state index is 0.0433. The van der Waals surface area contributed by atoms with Crippen LogP contribution < -0.4 is 10.2 Å². The van der Waals surface area contributed by atoms with Crippen molar-refractivity contribution in [2.75, 3.05) is 24.6 Å². The summed E-state index contributed by atoms with van der Waals surface area (Å²) < 4.78 is 5.79. The van der Waals surface area contributed by atoms with E-state index >= 15 is 0 Å². The molecule has 0 bridgehead atoms. The summed E-state index contributed by atoms with van der Waals surface area (Å²) in [7, 11) is 0. The second-order valence-corrected chi connectivity index (χ2v) is 6.80. The van der Waals surface area contributed by atoms with Crippen molar-refractivity contribution in [3.05, 3.63) is 29.3 Å². The molecular formula is C17H26N2O. The van der Waals surface area contributed by atoms with Crippen LogP contribution in [0.1, 0.15) is 37.8 Å². The van der Waals surface area contributed by atoms with Crippen molar-refractivity contribution in [1.29, 1.82) is 0 Å². The van der Waals surface area contributed by atoms with E-state index in [1.54, 1.807) is 0 Å². The predicted molar refractivity (Wildman–Crippen MR) is 83.3 cm³/mol. The lowest BCUT2D eigenvalue weighted by Gasteiger charge is -2.39. The zero-order valence-electron chi connectivity index (χ0n) is 12.9. The number of aryl methyl sites for hydroxylation is 1. The molecule has 3 nitrogen and oxygen atoms in total. The van der Waals surface area contributed by atoms with Crippen LogP contribution in [0.15, 0.2) is 18.2 Å². The van der Waals surface area contributed by atoms with Crippen LogP contribution in [0, 0.1) is 6.92 Å². The maximum Gasteiger partial charge on any atom is 0.0801 e. The quantitative estimate of drug-likeness (QED) is 0.913. The first kappa shape index (κ1) is 13.9. The molecule has 1 aromatic carbocycles. The number of hydrogen-bond donors (Lipinski definition) is 1. The van der Waals surface area contributed by atoms with Crippen molar-refractivity contribution < 1.29 is 4.74 Å². The molecule has 0 radical (unpaired) electrons. The Morgan fingerprint density at radius 3 is 2.80 bits per heavy atom. The Bertz CT molecular complexity index is 480. The number of ether oxygens (including phenoxy) is 1. The Morgan fingerprint density at radius 2 is 2.15 bits per heavy atom. The van der Waals surface area contributed by atoms with Crippen LogP contribution in [-0.4, -0.2) is 31.3 Å². The molecule has 0 atom stereocenters. The van der Waals surface area contributed by atoms with Gasteiger partial charge in [-0.05, 0) is 56.9 Å². The monoisotopic (exact) mass is 274 g/mol. The smallest absolute Gasteiger partial charge is 0.0801 e. The van der Waals surface area contributed by atoms with E-state index in [9.17, 15) is 0 Å². The number of nitrogens with zero attached hydrogens (tertiary/aromatic N) is 1. The molecule has 1 aliphatic heterocycles. The molecule has 1 aromatic rings. The number of morpholine rings is 1. The first-order chi connectivity index (χ1) is 9.53. The largest absolute Gasteiger partial charge is 0.372 e. The van der Waals surface area contributed by atoms with Gasteiger partial charge in [0.1, 0.15) is 0 Å². The fourth-order valence-corrected chi connectivity index (χ4v) is 2.85. The van der Waals surface area contributed by atoms with E-state index in [0.29, 0.717) is 0 Å². The normalized spacial score (nSPS) is 22.1. The van der Waals surface area contributed by atoms with E-state index < -0.39 is 0 Å². The van der Waals surface area contributed by atoms with Gasteiger partial charge in [0, 0.05) is 31.4 Å². The van der Waals surface area contributed by atoms with E-state index in [1.165, 1.54) is 29.7 Å². The van der Waals surface area contributed by atoms with Crippen molar-refractivity contribution in [1.82, 2.24) is 5.32 Å². The number of benzene rings is 1. The molecule has 0 amide bonds. The minimum atomic E-state index is -0.0433. The van der Waals surface area contributed by atoms with E-state index in [-0.39, 0.29) is 5.60 Å². The maximum absolute atomic E-state index is 5.79. The molecule has 0 unspecified atom stereocenters. The Labute approximate surface area is 122 Å². The highest BCUT2D eigenvalue weighted by Crippen LogP contribution is 2.26. The zero-order chi connectivity index (χ0) is 14.2. The highest BCUT2D eigenvalue weighted by atomic mass is 16.5. The third-order valence-corrected chi connectivity index (χ3v) is 4.28. The van der Waals surface area contributed by atoms with Crippen LogP contribution in [0.2, 0.25) is 0 Å². The predicted octanol–water partition coefficient (Wildman–Crippen LogP) is 2.86. The number of hydrogen-bond acceptors (Lipinski definition) is 3. The molecular weight excluding hydrogens is 248 g/mol. The summed E-state index contributed by atoms with van der Waals surface area (Å²) in [5.74, 6) is 0. The Kier molecular flexibility index (Phi) is 3.74. The summed E-state index contributed by atoms with van der Waals surface area (Å²) in [6, 6.07) is 7.64. The minimum Gasteiger partial charge on any atom is -0.372 e. The van der Waals surface area contributed by atoms with Gasteiger partial charge < -0.3 is 15.0 Å². The molecule has 0 aromatic heterocycles. The number of anilines is 1. The van der Waals surface area contributed by atoms with Crippen molar-refractivity contribution >= 4 is 5.69 Å². The fraction of sp³-hybridized carbons (Fsp3) is 0.647. The van der Waals surface area contributed by atoms with Gasteiger partial charge in [0.2, 0.25) is 0 Å². The van der Waals surface area contributed by atoms with Gasteiger partial charge in [-0.1, -0.05) is 6.07 Å². The summed E-state index contributed by atoms with van der Waals surface area (Å²) in [4.78, 5) is 2.44. The summed E-state index contributed by atoms with van der Waals surface area (Å²) in [6.07, 6.45) is 2.69. The summed E-state index contributed by atoms with van der Waals surface area (Å²) in [6.45, 7) is 10.3. The van der Waals surface area contributed by atoms with Gasteiger partial charge in [0.25, 0.3) is 0 Å². The van der Waals surface area contributed by atoms with Gasteiger partial charge in [-0.3, -0.25) is 0 Å². The van der Waals surface area contributed by atoms with Gasteiger partial charge in [0.15, 0.2) is 0 Å². The van der Waals surface area contributed by atoms with Crippen molar-refractivity contribution in [3.63, 3.8) is 0 Å². The second kappa shape index (κ2) is 5.38. The van der Waals surface area contributed by atoms with Crippen LogP contribution in [0.4, 0.5) is 5.69 Å². The second-order valence-electron chi connectivity index (χ2n) is 6.80. The standard InChI is InChI=1S/C17H26N2O/c1-13-10-16(19-8-9-20-17(2,3)12-19)7-4-14(13)11-18-15-5-6-15/h4,7,10,15,18H,5-6,8-9,11-12H2,1-3H3. The molecule has 2 aliphatic rings. The van der Waals surface area contributed by atoms with Crippen molar-refractivity contribution in [2.45, 2.75) is 51.8 Å². The highest BCUT2D eigenvalue weighted by Gasteiger charge is 2.27. The summed E-state index contributed by atoms with van der Waals surface area (Å²) >= 11 is 0. The van der Waals surface area contributed by atoms with Crippen LogP contribution in [0.5, 0.6) is 0 Å².